The van der Waals surface area contributed by atoms with Crippen LogP contribution < -0.4 is 4.90 Å². The number of carboxylic acid groups (broad SMARTS) is 1. The highest BCUT2D eigenvalue weighted by Crippen LogP contribution is 2.23. The molecule has 114 valence electrons. The molecule has 0 amide bonds. The minimum Gasteiger partial charge on any atom is -0.476 e. The highest BCUT2D eigenvalue weighted by Gasteiger charge is 2.23. The molecule has 2 fully saturated rings. The highest BCUT2D eigenvalue weighted by molar-refractivity contribution is 5.84. The Kier molecular flexibility index (Phi) is 4.34. The highest BCUT2D eigenvalue weighted by atomic mass is 16.4. The Balaban J connectivity index is 1.51. The molecule has 1 aromatic heterocycles. The Labute approximate surface area is 124 Å². The summed E-state index contributed by atoms with van der Waals surface area (Å²) in [6, 6.07) is 0. The van der Waals surface area contributed by atoms with Crippen molar-refractivity contribution < 1.29 is 9.90 Å². The molecule has 6 heteroatoms. The second kappa shape index (κ2) is 6.39. The van der Waals surface area contributed by atoms with Gasteiger partial charge in [0.1, 0.15) is 5.82 Å². The van der Waals surface area contributed by atoms with Gasteiger partial charge in [0.25, 0.3) is 0 Å². The number of rotatable bonds is 4. The van der Waals surface area contributed by atoms with Crippen LogP contribution in [0.2, 0.25) is 0 Å². The average molecular weight is 290 g/mol. The molecule has 1 N–H and O–H groups in total. The van der Waals surface area contributed by atoms with Crippen molar-refractivity contribution in [2.45, 2.75) is 25.7 Å². The number of nitrogens with zero attached hydrogens (tertiary/aromatic N) is 4. The van der Waals surface area contributed by atoms with Crippen LogP contribution in [0.25, 0.3) is 0 Å². The lowest BCUT2D eigenvalue weighted by Gasteiger charge is -2.34. The average Bonchev–Trinajstić information content (AvgIpc) is 3.01. The summed E-state index contributed by atoms with van der Waals surface area (Å²) in [5.74, 6) is 0.545. The van der Waals surface area contributed by atoms with Gasteiger partial charge in [-0.25, -0.2) is 14.8 Å². The van der Waals surface area contributed by atoms with Crippen molar-refractivity contribution >= 4 is 11.8 Å². The number of piperidine rings is 1. The van der Waals surface area contributed by atoms with Gasteiger partial charge in [-0.2, -0.15) is 0 Å². The van der Waals surface area contributed by atoms with Crippen LogP contribution in [0.5, 0.6) is 0 Å². The molecule has 3 rings (SSSR count). The minimum absolute atomic E-state index is 0.00247. The Morgan fingerprint density at radius 3 is 2.43 bits per heavy atom. The summed E-state index contributed by atoms with van der Waals surface area (Å²) < 4.78 is 0. The lowest BCUT2D eigenvalue weighted by atomic mass is 9.96. The maximum absolute atomic E-state index is 10.8. The first-order chi connectivity index (χ1) is 10.2. The molecule has 2 aliphatic rings. The molecule has 6 nitrogen and oxygen atoms in total. The van der Waals surface area contributed by atoms with E-state index in [1.807, 2.05) is 0 Å². The maximum Gasteiger partial charge on any atom is 0.356 e. The fourth-order valence-corrected chi connectivity index (χ4v) is 3.27. The molecule has 1 aromatic rings. The zero-order valence-corrected chi connectivity index (χ0v) is 12.2. The summed E-state index contributed by atoms with van der Waals surface area (Å²) in [5, 5.41) is 8.84. The lowest BCUT2D eigenvalue weighted by molar-refractivity contribution is 0.0690. The number of aromatic carboxylic acids is 1. The summed E-state index contributed by atoms with van der Waals surface area (Å²) in [7, 11) is 0. The van der Waals surface area contributed by atoms with E-state index in [9.17, 15) is 4.79 Å². The van der Waals surface area contributed by atoms with E-state index in [1.54, 1.807) is 6.20 Å². The van der Waals surface area contributed by atoms with E-state index < -0.39 is 5.97 Å². The van der Waals surface area contributed by atoms with Crippen molar-refractivity contribution in [1.29, 1.82) is 0 Å². The van der Waals surface area contributed by atoms with Gasteiger partial charge in [-0.05, 0) is 44.7 Å². The third kappa shape index (κ3) is 3.50. The van der Waals surface area contributed by atoms with Crippen molar-refractivity contribution in [1.82, 2.24) is 14.9 Å². The van der Waals surface area contributed by atoms with Crippen LogP contribution in [0, 0.1) is 5.92 Å². The molecule has 0 radical (unpaired) electrons. The topological polar surface area (TPSA) is 69.6 Å². The normalized spacial score (nSPS) is 20.9. The number of carbonyl (C=O) groups is 1. The quantitative estimate of drug-likeness (QED) is 0.906. The van der Waals surface area contributed by atoms with Crippen LogP contribution in [-0.4, -0.2) is 58.7 Å². The number of anilines is 1. The Hall–Kier alpha value is -1.69. The van der Waals surface area contributed by atoms with Crippen LogP contribution in [-0.2, 0) is 0 Å². The summed E-state index contributed by atoms with van der Waals surface area (Å²) >= 11 is 0. The summed E-state index contributed by atoms with van der Waals surface area (Å²) in [6.07, 6.45) is 7.98. The smallest absolute Gasteiger partial charge is 0.356 e. The first-order valence-electron chi connectivity index (χ1n) is 7.75. The first kappa shape index (κ1) is 14.3. The van der Waals surface area contributed by atoms with Crippen molar-refractivity contribution in [2.75, 3.05) is 37.6 Å². The molecule has 2 saturated heterocycles. The SMILES string of the molecule is O=C(O)c1cnc(N2CCC(CN3CCCC3)CC2)cn1. The molecule has 3 heterocycles. The molecule has 2 aliphatic heterocycles. The zero-order valence-electron chi connectivity index (χ0n) is 12.2. The van der Waals surface area contributed by atoms with Crippen LogP contribution >= 0.6 is 0 Å². The fraction of sp³-hybridized carbons (Fsp3) is 0.667. The van der Waals surface area contributed by atoms with Gasteiger partial charge in [0, 0.05) is 19.6 Å². The van der Waals surface area contributed by atoms with Crippen molar-refractivity contribution in [3.8, 4) is 0 Å². The standard InChI is InChI=1S/C15H22N4O2/c20-15(21)13-9-17-14(10-16-13)19-7-3-12(4-8-19)11-18-5-1-2-6-18/h9-10,12H,1-8,11H2,(H,20,21). The predicted octanol–water partition coefficient (Wildman–Crippen LogP) is 1.49. The Morgan fingerprint density at radius 1 is 1.14 bits per heavy atom. The molecule has 0 aliphatic carbocycles. The van der Waals surface area contributed by atoms with Crippen LogP contribution in [0.15, 0.2) is 12.4 Å². The summed E-state index contributed by atoms with van der Waals surface area (Å²) in [4.78, 5) is 23.7. The molecule has 0 atom stereocenters. The second-order valence-electron chi connectivity index (χ2n) is 6.00. The van der Waals surface area contributed by atoms with E-state index in [0.717, 1.165) is 24.8 Å². The summed E-state index contributed by atoms with van der Waals surface area (Å²) in [5.41, 5.74) is 0.00247. The van der Waals surface area contributed by atoms with E-state index in [1.165, 1.54) is 51.5 Å². The van der Waals surface area contributed by atoms with Crippen LogP contribution in [0.3, 0.4) is 0 Å². The lowest BCUT2D eigenvalue weighted by Crippen LogP contribution is -2.38. The molecule has 21 heavy (non-hydrogen) atoms. The van der Waals surface area contributed by atoms with E-state index >= 15 is 0 Å². The van der Waals surface area contributed by atoms with Gasteiger partial charge in [-0.15, -0.1) is 0 Å². The van der Waals surface area contributed by atoms with E-state index in [0.29, 0.717) is 0 Å². The Bertz CT molecular complexity index is 477. The van der Waals surface area contributed by atoms with Crippen molar-refractivity contribution in [3.05, 3.63) is 18.1 Å². The monoisotopic (exact) mass is 290 g/mol. The molecular weight excluding hydrogens is 268 g/mol. The summed E-state index contributed by atoms with van der Waals surface area (Å²) in [6.45, 7) is 5.74. The van der Waals surface area contributed by atoms with Crippen molar-refractivity contribution in [3.63, 3.8) is 0 Å². The van der Waals surface area contributed by atoms with Crippen LogP contribution in [0.4, 0.5) is 5.82 Å². The molecule has 0 spiro atoms. The Morgan fingerprint density at radius 2 is 1.86 bits per heavy atom. The predicted molar refractivity (Wildman–Crippen MR) is 79.6 cm³/mol. The van der Waals surface area contributed by atoms with Gasteiger partial charge in [0.2, 0.25) is 0 Å². The number of aromatic nitrogens is 2. The first-order valence-corrected chi connectivity index (χ1v) is 7.75. The fourth-order valence-electron chi connectivity index (χ4n) is 3.27. The molecule has 0 saturated carbocycles. The van der Waals surface area contributed by atoms with E-state index in [4.69, 9.17) is 5.11 Å². The second-order valence-corrected chi connectivity index (χ2v) is 6.00. The van der Waals surface area contributed by atoms with Gasteiger partial charge in [0.15, 0.2) is 5.69 Å². The molecule has 0 bridgehead atoms. The molecule has 0 aromatic carbocycles. The minimum atomic E-state index is -1.03. The number of carboxylic acids is 1. The third-order valence-corrected chi connectivity index (χ3v) is 4.51. The largest absolute Gasteiger partial charge is 0.476 e. The van der Waals surface area contributed by atoms with Gasteiger partial charge in [0.05, 0.1) is 12.4 Å². The number of hydrogen-bond donors (Lipinski definition) is 1. The maximum atomic E-state index is 10.8. The van der Waals surface area contributed by atoms with Gasteiger partial charge < -0.3 is 14.9 Å². The zero-order chi connectivity index (χ0) is 14.7. The van der Waals surface area contributed by atoms with Gasteiger partial charge in [-0.1, -0.05) is 0 Å². The van der Waals surface area contributed by atoms with E-state index in [-0.39, 0.29) is 5.69 Å². The number of hydrogen-bond acceptors (Lipinski definition) is 5. The van der Waals surface area contributed by atoms with Gasteiger partial charge in [-0.3, -0.25) is 0 Å². The third-order valence-electron chi connectivity index (χ3n) is 4.51. The molecular formula is C15H22N4O2. The van der Waals surface area contributed by atoms with Crippen molar-refractivity contribution in [2.24, 2.45) is 5.92 Å². The van der Waals surface area contributed by atoms with Crippen LogP contribution in [0.1, 0.15) is 36.2 Å². The molecule has 0 unspecified atom stereocenters. The number of likely N-dealkylation sites (tertiary alicyclic amines) is 1. The van der Waals surface area contributed by atoms with E-state index in [2.05, 4.69) is 19.8 Å². The van der Waals surface area contributed by atoms with Gasteiger partial charge >= 0.3 is 5.97 Å².